The van der Waals surface area contributed by atoms with Gasteiger partial charge in [-0.1, -0.05) is 54.1 Å². The van der Waals surface area contributed by atoms with Crippen LogP contribution in [0.1, 0.15) is 15.9 Å². The number of aromatic nitrogens is 2. The monoisotopic (exact) mass is 398 g/mol. The van der Waals surface area contributed by atoms with Gasteiger partial charge in [0.15, 0.2) is 0 Å². The summed E-state index contributed by atoms with van der Waals surface area (Å²) in [7, 11) is 0. The smallest absolute Gasteiger partial charge is 0.252 e. The van der Waals surface area contributed by atoms with Crippen LogP contribution in [0.5, 0.6) is 0 Å². The zero-order valence-corrected chi connectivity index (χ0v) is 16.6. The number of rotatable bonds is 6. The van der Waals surface area contributed by atoms with E-state index in [-0.39, 0.29) is 18.4 Å². The molecule has 3 aromatic carbocycles. The van der Waals surface area contributed by atoms with Crippen LogP contribution in [0.15, 0.2) is 85.5 Å². The topological polar surface area (TPSA) is 76.0 Å². The van der Waals surface area contributed by atoms with Crippen molar-refractivity contribution in [2.45, 2.75) is 19.5 Å². The van der Waals surface area contributed by atoms with Crippen LogP contribution in [0.2, 0.25) is 0 Å². The number of fused-ring (bicyclic) bond motifs is 1. The van der Waals surface area contributed by atoms with E-state index in [1.165, 1.54) is 0 Å². The van der Waals surface area contributed by atoms with Crippen molar-refractivity contribution in [3.8, 4) is 0 Å². The maximum atomic E-state index is 13.1. The van der Waals surface area contributed by atoms with Crippen LogP contribution in [0.3, 0.4) is 0 Å². The van der Waals surface area contributed by atoms with Gasteiger partial charge in [0.05, 0.1) is 12.9 Å². The molecule has 0 saturated carbocycles. The molecule has 1 unspecified atom stereocenters. The summed E-state index contributed by atoms with van der Waals surface area (Å²) < 4.78 is 1.77. The summed E-state index contributed by atoms with van der Waals surface area (Å²) in [6.45, 7) is 2.26. The first kappa shape index (κ1) is 19.4. The highest BCUT2D eigenvalue weighted by Gasteiger charge is 2.23. The summed E-state index contributed by atoms with van der Waals surface area (Å²) in [5.74, 6) is -0.586. The minimum absolute atomic E-state index is 0.272. The molecule has 2 amide bonds. The molecule has 2 N–H and O–H groups in total. The largest absolute Gasteiger partial charge is 0.339 e. The van der Waals surface area contributed by atoms with Crippen LogP contribution in [-0.2, 0) is 11.3 Å². The number of carbonyl (C=O) groups is 2. The molecule has 30 heavy (non-hydrogen) atoms. The fourth-order valence-corrected chi connectivity index (χ4v) is 3.33. The maximum absolute atomic E-state index is 13.1. The number of aryl methyl sites for hydroxylation is 1. The lowest BCUT2D eigenvalue weighted by atomic mass is 10.0. The van der Waals surface area contributed by atoms with E-state index < -0.39 is 6.04 Å². The Bertz CT molecular complexity index is 1160. The number of hydrogen-bond acceptors (Lipinski definition) is 3. The first-order chi connectivity index (χ1) is 14.6. The predicted molar refractivity (Wildman–Crippen MR) is 117 cm³/mol. The summed E-state index contributed by atoms with van der Waals surface area (Å²) in [6, 6.07) is 20.0. The molecule has 0 fully saturated rings. The van der Waals surface area contributed by atoms with Crippen molar-refractivity contribution in [1.29, 1.82) is 0 Å². The summed E-state index contributed by atoms with van der Waals surface area (Å²) >= 11 is 0. The Morgan fingerprint density at radius 3 is 2.53 bits per heavy atom. The van der Waals surface area contributed by atoms with E-state index in [0.29, 0.717) is 11.3 Å². The van der Waals surface area contributed by atoms with Gasteiger partial charge in [-0.2, -0.15) is 0 Å². The molecule has 4 aromatic rings. The highest BCUT2D eigenvalue weighted by atomic mass is 16.2. The lowest BCUT2D eigenvalue weighted by Crippen LogP contribution is -2.46. The summed E-state index contributed by atoms with van der Waals surface area (Å²) in [6.07, 6.45) is 5.02. The Morgan fingerprint density at radius 1 is 1.00 bits per heavy atom. The van der Waals surface area contributed by atoms with Crippen LogP contribution in [-0.4, -0.2) is 27.4 Å². The van der Waals surface area contributed by atoms with Crippen molar-refractivity contribution in [2.24, 2.45) is 0 Å². The van der Waals surface area contributed by atoms with Crippen LogP contribution in [0.4, 0.5) is 5.69 Å². The zero-order chi connectivity index (χ0) is 20.9. The van der Waals surface area contributed by atoms with Crippen molar-refractivity contribution in [2.75, 3.05) is 5.32 Å². The van der Waals surface area contributed by atoms with Crippen LogP contribution >= 0.6 is 0 Å². The van der Waals surface area contributed by atoms with E-state index in [1.54, 1.807) is 29.4 Å². The average molecular weight is 398 g/mol. The second-order valence-electron chi connectivity index (χ2n) is 7.17. The van der Waals surface area contributed by atoms with E-state index >= 15 is 0 Å². The number of carbonyl (C=O) groups excluding carboxylic acids is 2. The van der Waals surface area contributed by atoms with Crippen molar-refractivity contribution in [3.63, 3.8) is 0 Å². The minimum atomic E-state index is -0.771. The van der Waals surface area contributed by atoms with Gasteiger partial charge in [0, 0.05) is 23.6 Å². The summed E-state index contributed by atoms with van der Waals surface area (Å²) in [4.78, 5) is 30.1. The molecular weight excluding hydrogens is 376 g/mol. The molecule has 0 saturated heterocycles. The fraction of sp³-hybridized carbons (Fsp3) is 0.125. The average Bonchev–Trinajstić information content (AvgIpc) is 3.27. The number of anilines is 1. The number of nitrogens with zero attached hydrogens (tertiary/aromatic N) is 2. The molecule has 4 rings (SSSR count). The van der Waals surface area contributed by atoms with Gasteiger partial charge in [-0.25, -0.2) is 4.98 Å². The van der Waals surface area contributed by atoms with E-state index in [2.05, 4.69) is 15.6 Å². The molecule has 0 aliphatic carbocycles. The second-order valence-corrected chi connectivity index (χ2v) is 7.17. The van der Waals surface area contributed by atoms with Crippen molar-refractivity contribution in [3.05, 3.63) is 96.6 Å². The van der Waals surface area contributed by atoms with Crippen molar-refractivity contribution in [1.82, 2.24) is 14.9 Å². The minimum Gasteiger partial charge on any atom is -0.339 e. The predicted octanol–water partition coefficient (Wildman–Crippen LogP) is 3.78. The van der Waals surface area contributed by atoms with Gasteiger partial charge in [-0.05, 0) is 35.9 Å². The van der Waals surface area contributed by atoms with E-state index in [9.17, 15) is 9.59 Å². The molecule has 150 valence electrons. The molecule has 1 heterocycles. The molecule has 6 nitrogen and oxygen atoms in total. The fourth-order valence-electron chi connectivity index (χ4n) is 3.33. The molecule has 1 atom stereocenters. The summed E-state index contributed by atoms with van der Waals surface area (Å²) in [5, 5.41) is 7.60. The van der Waals surface area contributed by atoms with Crippen molar-refractivity contribution >= 4 is 28.3 Å². The van der Waals surface area contributed by atoms with Gasteiger partial charge < -0.3 is 15.2 Å². The van der Waals surface area contributed by atoms with Gasteiger partial charge in [0.1, 0.15) is 6.04 Å². The van der Waals surface area contributed by atoms with Gasteiger partial charge in [-0.15, -0.1) is 0 Å². The quantitative estimate of drug-likeness (QED) is 0.519. The molecule has 0 aliphatic rings. The lowest BCUT2D eigenvalue weighted by molar-refractivity contribution is -0.118. The normalized spacial score (nSPS) is 11.8. The van der Waals surface area contributed by atoms with Crippen molar-refractivity contribution < 1.29 is 9.59 Å². The third-order valence-electron chi connectivity index (χ3n) is 4.93. The molecule has 0 spiro atoms. The zero-order valence-electron chi connectivity index (χ0n) is 16.6. The number of nitrogens with one attached hydrogen (secondary N) is 2. The van der Waals surface area contributed by atoms with Crippen LogP contribution < -0.4 is 10.6 Å². The lowest BCUT2D eigenvalue weighted by Gasteiger charge is -2.19. The molecule has 1 aromatic heterocycles. The van der Waals surface area contributed by atoms with E-state index in [1.807, 2.05) is 67.6 Å². The molecule has 0 aliphatic heterocycles. The Hall–Kier alpha value is -3.93. The second kappa shape index (κ2) is 8.61. The van der Waals surface area contributed by atoms with E-state index in [4.69, 9.17) is 0 Å². The number of amides is 2. The Labute approximate surface area is 174 Å². The molecular formula is C24H22N4O2. The van der Waals surface area contributed by atoms with Gasteiger partial charge in [-0.3, -0.25) is 9.59 Å². The molecule has 6 heteroatoms. The Balaban J connectivity index is 1.58. The van der Waals surface area contributed by atoms with Gasteiger partial charge >= 0.3 is 0 Å². The molecule has 0 radical (unpaired) electrons. The number of imidazole rings is 1. The first-order valence-corrected chi connectivity index (χ1v) is 9.72. The highest BCUT2D eigenvalue weighted by molar-refractivity contribution is 6.08. The van der Waals surface area contributed by atoms with Gasteiger partial charge in [0.2, 0.25) is 5.91 Å². The maximum Gasteiger partial charge on any atom is 0.252 e. The van der Waals surface area contributed by atoms with E-state index in [0.717, 1.165) is 16.3 Å². The standard InChI is InChI=1S/C24H22N4O2/c1-17-9-11-19(12-10-17)26-24(30)22(15-28-14-13-25-16-28)27-23(29)21-8-4-6-18-5-2-3-7-20(18)21/h2-14,16,22H,15H2,1H3,(H,26,30)(H,27,29). The highest BCUT2D eigenvalue weighted by Crippen LogP contribution is 2.18. The summed E-state index contributed by atoms with van der Waals surface area (Å²) in [5.41, 5.74) is 2.32. The van der Waals surface area contributed by atoms with Crippen LogP contribution in [0, 0.1) is 6.92 Å². The van der Waals surface area contributed by atoms with Crippen LogP contribution in [0.25, 0.3) is 10.8 Å². The third-order valence-corrected chi connectivity index (χ3v) is 4.93. The number of benzene rings is 3. The SMILES string of the molecule is Cc1ccc(NC(=O)C(Cn2ccnc2)NC(=O)c2cccc3ccccc23)cc1. The third kappa shape index (κ3) is 4.38. The molecule has 0 bridgehead atoms. The van der Waals surface area contributed by atoms with Gasteiger partial charge in [0.25, 0.3) is 5.91 Å². The Kier molecular flexibility index (Phi) is 5.57. The first-order valence-electron chi connectivity index (χ1n) is 9.72. The Morgan fingerprint density at radius 2 is 1.77 bits per heavy atom. The number of hydrogen-bond donors (Lipinski definition) is 2.